The summed E-state index contributed by atoms with van der Waals surface area (Å²) in [6, 6.07) is 11.9. The molecule has 9 heteroatoms. The molecule has 2 aromatic rings. The maximum absolute atomic E-state index is 5.82. The predicted molar refractivity (Wildman–Crippen MR) is 137 cm³/mol. The van der Waals surface area contributed by atoms with Gasteiger partial charge in [-0.2, -0.15) is 0 Å². The van der Waals surface area contributed by atoms with Gasteiger partial charge in [-0.3, -0.25) is 4.99 Å². The number of nitrogens with one attached hydrogen (secondary N) is 2. The quantitative estimate of drug-likeness (QED) is 0.311. The molecule has 0 bridgehead atoms. The van der Waals surface area contributed by atoms with Gasteiger partial charge in [-0.05, 0) is 49.1 Å². The zero-order valence-electron chi connectivity index (χ0n) is 18.5. The predicted octanol–water partition coefficient (Wildman–Crippen LogP) is 3.97. The molecule has 2 aromatic carbocycles. The normalized spacial score (nSPS) is 18.9. The van der Waals surface area contributed by atoms with E-state index in [4.69, 9.17) is 28.7 Å². The van der Waals surface area contributed by atoms with Crippen molar-refractivity contribution in [2.24, 2.45) is 4.99 Å². The van der Waals surface area contributed by atoms with E-state index in [9.17, 15) is 0 Å². The van der Waals surface area contributed by atoms with E-state index >= 15 is 0 Å². The number of aliphatic imine (C=N–C) groups is 1. The van der Waals surface area contributed by atoms with Crippen molar-refractivity contribution in [1.82, 2.24) is 5.32 Å². The molecule has 1 saturated heterocycles. The van der Waals surface area contributed by atoms with Crippen molar-refractivity contribution in [1.29, 1.82) is 0 Å². The summed E-state index contributed by atoms with van der Waals surface area (Å²) in [5, 5.41) is 6.84. The van der Waals surface area contributed by atoms with Crippen LogP contribution in [0, 0.1) is 0 Å². The third-order valence-corrected chi connectivity index (χ3v) is 5.63. The summed E-state index contributed by atoms with van der Waals surface area (Å²) in [6.45, 7) is 3.80. The van der Waals surface area contributed by atoms with Gasteiger partial charge in [-0.1, -0.05) is 6.07 Å². The maximum Gasteiger partial charge on any atom is 0.231 e. The van der Waals surface area contributed by atoms with Crippen molar-refractivity contribution in [3.8, 4) is 23.0 Å². The first-order valence-electron chi connectivity index (χ1n) is 11.3. The summed E-state index contributed by atoms with van der Waals surface area (Å²) in [5.74, 6) is 3.86. The Balaban J connectivity index is 0.00000259. The molecule has 33 heavy (non-hydrogen) atoms. The minimum absolute atomic E-state index is 0. The van der Waals surface area contributed by atoms with E-state index in [0.29, 0.717) is 19.8 Å². The van der Waals surface area contributed by atoms with Crippen molar-refractivity contribution in [2.45, 2.75) is 31.8 Å². The summed E-state index contributed by atoms with van der Waals surface area (Å²) in [6.07, 6.45) is 4.05. The Morgan fingerprint density at radius 1 is 0.879 bits per heavy atom. The lowest BCUT2D eigenvalue weighted by atomic mass is 10.1. The lowest BCUT2D eigenvalue weighted by Crippen LogP contribution is -2.33. The lowest BCUT2D eigenvalue weighted by Gasteiger charge is -2.15. The van der Waals surface area contributed by atoms with E-state index in [1.807, 2.05) is 30.3 Å². The van der Waals surface area contributed by atoms with E-state index in [2.05, 4.69) is 16.7 Å². The highest BCUT2D eigenvalue weighted by Gasteiger charge is 2.16. The van der Waals surface area contributed by atoms with Crippen LogP contribution in [0.4, 0.5) is 5.69 Å². The molecular formula is C24H30IN3O5. The summed E-state index contributed by atoms with van der Waals surface area (Å²) in [4.78, 5) is 4.77. The number of ether oxygens (including phenoxy) is 5. The minimum Gasteiger partial charge on any atom is -0.490 e. The highest BCUT2D eigenvalue weighted by molar-refractivity contribution is 14.0. The molecule has 1 fully saturated rings. The van der Waals surface area contributed by atoms with Crippen LogP contribution < -0.4 is 29.6 Å². The largest absolute Gasteiger partial charge is 0.490 e. The molecule has 0 saturated carbocycles. The number of rotatable bonds is 6. The molecule has 0 spiro atoms. The minimum atomic E-state index is 0. The number of hydrogen-bond donors (Lipinski definition) is 2. The van der Waals surface area contributed by atoms with Gasteiger partial charge in [-0.15, -0.1) is 24.0 Å². The molecule has 0 aliphatic carbocycles. The van der Waals surface area contributed by atoms with E-state index < -0.39 is 0 Å². The molecule has 1 atom stereocenters. The van der Waals surface area contributed by atoms with Crippen LogP contribution in [-0.2, 0) is 11.2 Å². The van der Waals surface area contributed by atoms with Crippen molar-refractivity contribution >= 4 is 35.6 Å². The van der Waals surface area contributed by atoms with Crippen LogP contribution >= 0.6 is 24.0 Å². The zero-order valence-corrected chi connectivity index (χ0v) is 20.8. The molecular weight excluding hydrogens is 537 g/mol. The smallest absolute Gasteiger partial charge is 0.231 e. The second-order valence-corrected chi connectivity index (χ2v) is 8.03. The van der Waals surface area contributed by atoms with Gasteiger partial charge >= 0.3 is 0 Å². The Labute approximate surface area is 211 Å². The molecule has 3 heterocycles. The number of halogens is 1. The number of guanidine groups is 1. The summed E-state index contributed by atoms with van der Waals surface area (Å²) in [5.41, 5.74) is 2.08. The maximum atomic E-state index is 5.82. The van der Waals surface area contributed by atoms with Crippen LogP contribution in [0.25, 0.3) is 0 Å². The number of hydrogen-bond acceptors (Lipinski definition) is 6. The molecule has 8 nitrogen and oxygen atoms in total. The fourth-order valence-electron chi connectivity index (χ4n) is 3.92. The Morgan fingerprint density at radius 2 is 1.67 bits per heavy atom. The Kier molecular flexibility index (Phi) is 8.38. The molecule has 1 unspecified atom stereocenters. The van der Waals surface area contributed by atoms with E-state index in [1.165, 1.54) is 5.56 Å². The molecule has 0 amide bonds. The van der Waals surface area contributed by atoms with Gasteiger partial charge in [0.1, 0.15) is 0 Å². The van der Waals surface area contributed by atoms with Gasteiger partial charge in [0.2, 0.25) is 6.79 Å². The average molecular weight is 567 g/mol. The second-order valence-electron chi connectivity index (χ2n) is 8.03. The number of nitrogens with zero attached hydrogens (tertiary/aromatic N) is 1. The number of anilines is 1. The molecule has 178 valence electrons. The molecule has 3 aliphatic heterocycles. The van der Waals surface area contributed by atoms with E-state index in [-0.39, 0.29) is 36.9 Å². The Bertz CT molecular complexity index is 965. The third kappa shape index (κ3) is 6.35. The molecule has 3 aliphatic rings. The Morgan fingerprint density at radius 3 is 2.55 bits per heavy atom. The van der Waals surface area contributed by atoms with Gasteiger partial charge in [0, 0.05) is 31.3 Å². The third-order valence-electron chi connectivity index (χ3n) is 5.63. The van der Waals surface area contributed by atoms with Crippen molar-refractivity contribution < 1.29 is 23.7 Å². The molecule has 2 N–H and O–H groups in total. The first kappa shape index (κ1) is 23.7. The van der Waals surface area contributed by atoms with Crippen molar-refractivity contribution in [3.05, 3.63) is 42.0 Å². The summed E-state index contributed by atoms with van der Waals surface area (Å²) in [7, 11) is 0. The highest BCUT2D eigenvalue weighted by Crippen LogP contribution is 2.33. The molecule has 0 aromatic heterocycles. The zero-order chi connectivity index (χ0) is 21.6. The molecule has 0 radical (unpaired) electrons. The van der Waals surface area contributed by atoms with Crippen molar-refractivity contribution in [3.63, 3.8) is 0 Å². The van der Waals surface area contributed by atoms with Crippen LogP contribution in [0.1, 0.15) is 24.8 Å². The van der Waals surface area contributed by atoms with Gasteiger partial charge < -0.3 is 34.3 Å². The average Bonchev–Trinajstić information content (AvgIpc) is 3.44. The van der Waals surface area contributed by atoms with E-state index in [0.717, 1.165) is 73.5 Å². The summed E-state index contributed by atoms with van der Waals surface area (Å²) >= 11 is 0. The molecule has 5 rings (SSSR count). The van der Waals surface area contributed by atoms with Crippen molar-refractivity contribution in [2.75, 3.05) is 45.0 Å². The van der Waals surface area contributed by atoms with Crippen LogP contribution in [0.2, 0.25) is 0 Å². The van der Waals surface area contributed by atoms with Gasteiger partial charge in [0.25, 0.3) is 0 Å². The summed E-state index contributed by atoms with van der Waals surface area (Å²) < 4.78 is 28.2. The topological polar surface area (TPSA) is 82.6 Å². The lowest BCUT2D eigenvalue weighted by molar-refractivity contribution is 0.118. The standard InChI is InChI=1S/C24H29N3O5.HI/c1-3-19(28-10-1)15-26-24(25-9-8-17-4-6-21-22(13-17)32-16-31-21)27-18-5-7-20-23(14-18)30-12-2-11-29-20;/h4-7,13-14,19H,1-3,8-12,15-16H2,(H2,25,26,27);1H. The number of benzene rings is 2. The second kappa shape index (κ2) is 11.6. The van der Waals surface area contributed by atoms with E-state index in [1.54, 1.807) is 0 Å². The monoisotopic (exact) mass is 567 g/mol. The fourth-order valence-corrected chi connectivity index (χ4v) is 3.92. The number of fused-ring (bicyclic) bond motifs is 2. The van der Waals surface area contributed by atoms with Crippen LogP contribution in [0.15, 0.2) is 41.4 Å². The van der Waals surface area contributed by atoms with Crippen LogP contribution in [0.5, 0.6) is 23.0 Å². The van der Waals surface area contributed by atoms with Crippen LogP contribution in [0.3, 0.4) is 0 Å². The SMILES string of the molecule is I.c1cc2c(cc1CCNC(=NCC1CCCO1)Nc1ccc3c(c1)OCCCO3)OCO2. The fraction of sp³-hybridized carbons (Fsp3) is 0.458. The first-order chi connectivity index (χ1) is 15.8. The Hall–Kier alpha value is -2.40. The van der Waals surface area contributed by atoms with Crippen LogP contribution in [-0.4, -0.2) is 51.8 Å². The van der Waals surface area contributed by atoms with Gasteiger partial charge in [0.05, 0.1) is 25.9 Å². The van der Waals surface area contributed by atoms with Gasteiger partial charge in [-0.25, -0.2) is 0 Å². The highest BCUT2D eigenvalue weighted by atomic mass is 127. The van der Waals surface area contributed by atoms with Gasteiger partial charge in [0.15, 0.2) is 29.0 Å². The first-order valence-corrected chi connectivity index (χ1v) is 11.3.